The second kappa shape index (κ2) is 5.28. The topological polar surface area (TPSA) is 85.2 Å². The normalized spacial score (nSPS) is 13.9. The summed E-state index contributed by atoms with van der Waals surface area (Å²) in [5, 5.41) is 13.2. The highest BCUT2D eigenvalue weighted by molar-refractivity contribution is 5.85. The molecule has 15 heavy (non-hydrogen) atoms. The Hall–Kier alpha value is -1.66. The van der Waals surface area contributed by atoms with Gasteiger partial charge in [-0.05, 0) is 30.7 Å². The van der Waals surface area contributed by atoms with Gasteiger partial charge in [-0.1, -0.05) is 12.1 Å². The average Bonchev–Trinajstić information content (AvgIpc) is 2.63. The minimum atomic E-state index is -0.340. The van der Waals surface area contributed by atoms with E-state index < -0.39 is 0 Å². The molecule has 0 aliphatic heterocycles. The zero-order valence-electron chi connectivity index (χ0n) is 9.10. The van der Waals surface area contributed by atoms with Crippen molar-refractivity contribution in [2.24, 2.45) is 5.16 Å². The lowest BCUT2D eigenvalue weighted by molar-refractivity contribution is 0.156. The molecular formula is C8H15N5O2. The van der Waals surface area contributed by atoms with Gasteiger partial charge in [-0.2, -0.15) is 4.68 Å². The first-order chi connectivity index (χ1) is 7.20. The van der Waals surface area contributed by atoms with Gasteiger partial charge in [0.25, 0.3) is 0 Å². The largest absolute Gasteiger partial charge is 0.396 e. The van der Waals surface area contributed by atoms with E-state index in [4.69, 9.17) is 4.84 Å². The Morgan fingerprint density at radius 1 is 1.67 bits per heavy atom. The Labute approximate surface area is 87.1 Å². The smallest absolute Gasteiger partial charge is 0.361 e. The van der Waals surface area contributed by atoms with Gasteiger partial charge >= 0.3 is 5.69 Å². The maximum atomic E-state index is 11.3. The number of tetrazole rings is 1. The molecule has 1 aromatic heterocycles. The Kier molecular flexibility index (Phi) is 4.02. The molecule has 1 unspecified atom stereocenters. The molecule has 0 bridgehead atoms. The van der Waals surface area contributed by atoms with E-state index in [1.165, 1.54) is 4.68 Å². The van der Waals surface area contributed by atoms with E-state index in [9.17, 15) is 4.79 Å². The van der Waals surface area contributed by atoms with Crippen molar-refractivity contribution in [1.29, 1.82) is 0 Å². The molecule has 0 aromatic carbocycles. The molecule has 0 fully saturated rings. The number of oxime groups is 1. The predicted molar refractivity (Wildman–Crippen MR) is 54.7 cm³/mol. The van der Waals surface area contributed by atoms with Crippen LogP contribution in [0.5, 0.6) is 0 Å². The number of aromatic amines is 1. The third kappa shape index (κ3) is 2.64. The van der Waals surface area contributed by atoms with Gasteiger partial charge in [-0.3, -0.25) is 0 Å². The molecule has 7 heteroatoms. The van der Waals surface area contributed by atoms with Crippen LogP contribution in [0.1, 0.15) is 33.2 Å². The summed E-state index contributed by atoms with van der Waals surface area (Å²) in [4.78, 5) is 16.2. The highest BCUT2D eigenvalue weighted by Crippen LogP contribution is 2.09. The molecule has 0 radical (unpaired) electrons. The number of nitrogens with one attached hydrogen (secondary N) is 1. The number of hydrogen-bond acceptors (Lipinski definition) is 5. The molecule has 0 aliphatic rings. The number of H-pyrrole nitrogens is 1. The molecule has 0 aliphatic carbocycles. The lowest BCUT2D eigenvalue weighted by Gasteiger charge is -2.11. The molecular weight excluding hydrogens is 198 g/mol. The standard InChI is InChI=1S/C8H15N5O2/c1-4-7(6(3)10-15-5-2)13-8(14)9-11-12-13/h7H,4-5H2,1-3H3,(H,9,12,14). The third-order valence-corrected chi connectivity index (χ3v) is 2.00. The van der Waals surface area contributed by atoms with E-state index in [1.54, 1.807) is 6.92 Å². The second-order valence-corrected chi connectivity index (χ2v) is 3.03. The van der Waals surface area contributed by atoms with E-state index in [2.05, 4.69) is 20.7 Å². The molecule has 1 heterocycles. The van der Waals surface area contributed by atoms with Crippen LogP contribution in [0.25, 0.3) is 0 Å². The van der Waals surface area contributed by atoms with Gasteiger partial charge in [-0.15, -0.1) is 0 Å². The van der Waals surface area contributed by atoms with Crippen LogP contribution in [-0.2, 0) is 4.84 Å². The molecule has 1 atom stereocenters. The zero-order valence-corrected chi connectivity index (χ0v) is 9.10. The first-order valence-electron chi connectivity index (χ1n) is 4.87. The van der Waals surface area contributed by atoms with Crippen LogP contribution < -0.4 is 5.69 Å². The van der Waals surface area contributed by atoms with Crippen LogP contribution in [0.3, 0.4) is 0 Å². The summed E-state index contributed by atoms with van der Waals surface area (Å²) in [6.45, 7) is 6.09. The van der Waals surface area contributed by atoms with E-state index in [0.29, 0.717) is 18.7 Å². The van der Waals surface area contributed by atoms with Crippen molar-refractivity contribution in [2.45, 2.75) is 33.2 Å². The number of nitrogens with zero attached hydrogens (tertiary/aromatic N) is 4. The first kappa shape index (κ1) is 11.4. The Morgan fingerprint density at radius 2 is 2.40 bits per heavy atom. The molecule has 0 amide bonds. The lowest BCUT2D eigenvalue weighted by atomic mass is 10.1. The summed E-state index contributed by atoms with van der Waals surface area (Å²) in [6, 6.07) is -0.206. The van der Waals surface area contributed by atoms with Gasteiger partial charge in [-0.25, -0.2) is 9.89 Å². The number of rotatable bonds is 5. The van der Waals surface area contributed by atoms with E-state index in [-0.39, 0.29) is 11.7 Å². The highest BCUT2D eigenvalue weighted by atomic mass is 16.6. The van der Waals surface area contributed by atoms with Gasteiger partial charge < -0.3 is 4.84 Å². The summed E-state index contributed by atoms with van der Waals surface area (Å²) in [7, 11) is 0. The maximum absolute atomic E-state index is 11.3. The summed E-state index contributed by atoms with van der Waals surface area (Å²) in [6.07, 6.45) is 0.703. The zero-order chi connectivity index (χ0) is 11.3. The molecule has 1 aromatic rings. The highest BCUT2D eigenvalue weighted by Gasteiger charge is 2.16. The Balaban J connectivity index is 2.89. The quantitative estimate of drug-likeness (QED) is 0.564. The summed E-state index contributed by atoms with van der Waals surface area (Å²) in [5.74, 6) is 0. The monoisotopic (exact) mass is 213 g/mol. The molecule has 7 nitrogen and oxygen atoms in total. The molecule has 1 N–H and O–H groups in total. The van der Waals surface area contributed by atoms with E-state index in [1.807, 2.05) is 13.8 Å². The van der Waals surface area contributed by atoms with Crippen LogP contribution in [-0.4, -0.2) is 32.5 Å². The van der Waals surface area contributed by atoms with Gasteiger partial charge in [0.2, 0.25) is 0 Å². The van der Waals surface area contributed by atoms with Crippen LogP contribution in [0.4, 0.5) is 0 Å². The van der Waals surface area contributed by atoms with Crippen LogP contribution in [0, 0.1) is 0 Å². The Morgan fingerprint density at radius 3 is 2.87 bits per heavy atom. The van der Waals surface area contributed by atoms with Crippen molar-refractivity contribution in [3.8, 4) is 0 Å². The second-order valence-electron chi connectivity index (χ2n) is 3.03. The van der Waals surface area contributed by atoms with Gasteiger partial charge in [0.15, 0.2) is 0 Å². The lowest BCUT2D eigenvalue weighted by Crippen LogP contribution is -2.28. The Bertz CT molecular complexity index is 380. The van der Waals surface area contributed by atoms with Gasteiger partial charge in [0.05, 0.1) is 5.71 Å². The van der Waals surface area contributed by atoms with Crippen LogP contribution in [0.2, 0.25) is 0 Å². The summed E-state index contributed by atoms with van der Waals surface area (Å²) in [5.41, 5.74) is 0.364. The first-order valence-corrected chi connectivity index (χ1v) is 4.87. The van der Waals surface area contributed by atoms with Crippen molar-refractivity contribution < 1.29 is 4.84 Å². The minimum Gasteiger partial charge on any atom is -0.396 e. The molecule has 84 valence electrons. The fourth-order valence-corrected chi connectivity index (χ4v) is 1.28. The number of hydrogen-bond donors (Lipinski definition) is 1. The van der Waals surface area contributed by atoms with Crippen molar-refractivity contribution >= 4 is 5.71 Å². The SMILES string of the molecule is CCON=C(C)C(CC)n1nn[nH]c1=O. The molecule has 0 saturated heterocycles. The van der Waals surface area contributed by atoms with Crippen molar-refractivity contribution in [3.05, 3.63) is 10.5 Å². The summed E-state index contributed by atoms with van der Waals surface area (Å²) >= 11 is 0. The summed E-state index contributed by atoms with van der Waals surface area (Å²) < 4.78 is 1.26. The molecule has 1 rings (SSSR count). The van der Waals surface area contributed by atoms with E-state index in [0.717, 1.165) is 0 Å². The minimum absolute atomic E-state index is 0.206. The van der Waals surface area contributed by atoms with Gasteiger partial charge in [0, 0.05) is 0 Å². The maximum Gasteiger partial charge on any atom is 0.361 e. The van der Waals surface area contributed by atoms with Gasteiger partial charge in [0.1, 0.15) is 12.6 Å². The van der Waals surface area contributed by atoms with Crippen LogP contribution >= 0.6 is 0 Å². The van der Waals surface area contributed by atoms with Crippen molar-refractivity contribution in [1.82, 2.24) is 20.2 Å². The third-order valence-electron chi connectivity index (χ3n) is 2.00. The molecule has 0 saturated carbocycles. The fraction of sp³-hybridized carbons (Fsp3) is 0.750. The fourth-order valence-electron chi connectivity index (χ4n) is 1.28. The van der Waals surface area contributed by atoms with Crippen LogP contribution in [0.15, 0.2) is 9.95 Å². The molecule has 0 spiro atoms. The van der Waals surface area contributed by atoms with E-state index >= 15 is 0 Å². The van der Waals surface area contributed by atoms with Crippen molar-refractivity contribution in [2.75, 3.05) is 6.61 Å². The number of aromatic nitrogens is 4. The average molecular weight is 213 g/mol. The predicted octanol–water partition coefficient (Wildman–Crippen LogP) is 0.330. The van der Waals surface area contributed by atoms with Crippen molar-refractivity contribution in [3.63, 3.8) is 0 Å².